The van der Waals surface area contributed by atoms with Gasteiger partial charge in [0.15, 0.2) is 5.82 Å². The first-order valence-corrected chi connectivity index (χ1v) is 15.2. The first-order valence-electron chi connectivity index (χ1n) is 13.6. The third-order valence-electron chi connectivity index (χ3n) is 9.18. The topological polar surface area (TPSA) is 60.2 Å². The van der Waals surface area contributed by atoms with Gasteiger partial charge in [-0.25, -0.2) is 14.2 Å². The predicted molar refractivity (Wildman–Crippen MR) is 153 cm³/mol. The van der Waals surface area contributed by atoms with E-state index in [4.69, 9.17) is 21.3 Å². The van der Waals surface area contributed by atoms with Crippen LogP contribution in [0.5, 0.6) is 0 Å². The number of aromatic nitrogens is 3. The van der Waals surface area contributed by atoms with Crippen LogP contribution in [0.15, 0.2) is 35.5 Å². The molecule has 4 heterocycles. The Morgan fingerprint density at radius 2 is 2.00 bits per heavy atom. The van der Waals surface area contributed by atoms with E-state index in [9.17, 15) is 4.79 Å². The third kappa shape index (κ3) is 3.63. The smallest absolute Gasteiger partial charge is 0.410 e. The number of ether oxygens (including phenoxy) is 1. The van der Waals surface area contributed by atoms with E-state index in [0.717, 1.165) is 40.0 Å². The highest BCUT2D eigenvalue weighted by molar-refractivity contribution is 7.98. The summed E-state index contributed by atoms with van der Waals surface area (Å²) in [4.78, 5) is 24.1. The number of likely N-dealkylation sites (tertiary alicyclic amines) is 1. The van der Waals surface area contributed by atoms with Gasteiger partial charge in [-0.15, -0.1) is 11.8 Å². The highest BCUT2D eigenvalue weighted by Crippen LogP contribution is 2.59. The molecule has 9 heteroatoms. The maximum Gasteiger partial charge on any atom is 0.410 e. The Balaban J connectivity index is 1.52. The summed E-state index contributed by atoms with van der Waals surface area (Å²) in [6.45, 7) is 2.57. The standard InChI is InChI=1S/C30H30ClFN4O2S/c1-15-6-4-7-18(23(15)31)25-24(32)26-20(14-33-25)28-19(29(34-26)39-3)13-22(21-8-5-11-35(21)30(37)38-2)36(28)27-16-9-10-17(27)12-16/h4,6-7,13-14,16-17,21,27H,5,8-12H2,1-3H3/t16-,17+,21-,27-/m1/s1. The second kappa shape index (κ2) is 9.37. The third-order valence-corrected chi connectivity index (χ3v) is 10.4. The van der Waals surface area contributed by atoms with Crippen molar-refractivity contribution in [1.29, 1.82) is 0 Å². The SMILES string of the molecule is COC(=O)N1CCC[C@@H]1c1cc2c(SC)nc3c(F)c(-c4cccc(C)c4Cl)ncc3c2n1[C@@H]1[C@@H]2CC[C@H]1C2. The number of amides is 1. The lowest BCUT2D eigenvalue weighted by Gasteiger charge is -2.40. The Labute approximate surface area is 235 Å². The monoisotopic (exact) mass is 564 g/mol. The van der Waals surface area contributed by atoms with Gasteiger partial charge in [-0.1, -0.05) is 29.8 Å². The average molecular weight is 565 g/mol. The molecule has 1 saturated heterocycles. The number of pyridine rings is 2. The van der Waals surface area contributed by atoms with E-state index in [-0.39, 0.29) is 17.8 Å². The van der Waals surface area contributed by atoms with Crippen LogP contribution in [0, 0.1) is 24.6 Å². The number of aryl methyl sites for hydroxylation is 1. The van der Waals surface area contributed by atoms with Gasteiger partial charge in [-0.3, -0.25) is 9.88 Å². The molecule has 1 aromatic carbocycles. The maximum absolute atomic E-state index is 16.4. The summed E-state index contributed by atoms with van der Waals surface area (Å²) in [5.41, 5.74) is 4.04. The fourth-order valence-electron chi connectivity index (χ4n) is 7.35. The Bertz CT molecular complexity index is 1640. The number of rotatable bonds is 4. The number of carbonyl (C=O) groups is 1. The van der Waals surface area contributed by atoms with Crippen LogP contribution in [0.1, 0.15) is 55.4 Å². The van der Waals surface area contributed by atoms with Crippen molar-refractivity contribution in [1.82, 2.24) is 19.4 Å². The molecular weight excluding hydrogens is 535 g/mol. The first kappa shape index (κ1) is 25.1. The highest BCUT2D eigenvalue weighted by atomic mass is 35.5. The number of fused-ring (bicyclic) bond motifs is 4. The van der Waals surface area contributed by atoms with Crippen molar-refractivity contribution in [2.45, 2.75) is 56.1 Å². The van der Waals surface area contributed by atoms with Crippen LogP contribution in [-0.4, -0.2) is 45.4 Å². The van der Waals surface area contributed by atoms with E-state index in [0.29, 0.717) is 45.9 Å². The van der Waals surface area contributed by atoms with E-state index < -0.39 is 5.82 Å². The Morgan fingerprint density at radius 1 is 1.21 bits per heavy atom. The summed E-state index contributed by atoms with van der Waals surface area (Å²) < 4.78 is 23.9. The largest absolute Gasteiger partial charge is 0.453 e. The summed E-state index contributed by atoms with van der Waals surface area (Å²) in [7, 11) is 1.44. The van der Waals surface area contributed by atoms with Crippen LogP contribution in [0.3, 0.4) is 0 Å². The van der Waals surface area contributed by atoms with E-state index >= 15 is 4.39 Å². The van der Waals surface area contributed by atoms with Crippen LogP contribution in [0.4, 0.5) is 9.18 Å². The molecule has 39 heavy (non-hydrogen) atoms. The van der Waals surface area contributed by atoms with E-state index in [1.54, 1.807) is 12.3 Å². The van der Waals surface area contributed by atoms with Gasteiger partial charge < -0.3 is 9.30 Å². The van der Waals surface area contributed by atoms with Crippen molar-refractivity contribution in [2.24, 2.45) is 11.8 Å². The minimum atomic E-state index is -0.458. The highest BCUT2D eigenvalue weighted by Gasteiger charge is 2.50. The molecule has 4 aliphatic rings. The molecule has 4 atom stereocenters. The molecule has 3 aliphatic carbocycles. The quantitative estimate of drug-likeness (QED) is 0.235. The molecule has 1 amide bonds. The molecule has 4 aromatic rings. The van der Waals surface area contributed by atoms with Crippen molar-refractivity contribution in [3.63, 3.8) is 0 Å². The Morgan fingerprint density at radius 3 is 2.72 bits per heavy atom. The maximum atomic E-state index is 16.4. The fraction of sp³-hybridized carbons (Fsp3) is 0.433. The van der Waals surface area contributed by atoms with Crippen LogP contribution in [0.2, 0.25) is 5.02 Å². The van der Waals surface area contributed by atoms with Gasteiger partial charge in [0.2, 0.25) is 0 Å². The number of hydrogen-bond acceptors (Lipinski definition) is 5. The number of thioether (sulfide) groups is 1. The zero-order valence-electron chi connectivity index (χ0n) is 22.2. The summed E-state index contributed by atoms with van der Waals surface area (Å²) in [6, 6.07) is 8.02. The zero-order chi connectivity index (χ0) is 27.0. The molecule has 0 radical (unpaired) electrons. The molecule has 202 valence electrons. The second-order valence-corrected chi connectivity index (χ2v) is 12.3. The number of methoxy groups -OCH3 is 1. The van der Waals surface area contributed by atoms with Gasteiger partial charge in [0, 0.05) is 40.8 Å². The van der Waals surface area contributed by atoms with Crippen LogP contribution >= 0.6 is 23.4 Å². The van der Waals surface area contributed by atoms with Gasteiger partial charge in [-0.05, 0) is 68.7 Å². The van der Waals surface area contributed by atoms with Gasteiger partial charge in [0.05, 0.1) is 23.7 Å². The molecule has 8 rings (SSSR count). The van der Waals surface area contributed by atoms with Gasteiger partial charge in [0.25, 0.3) is 0 Å². The normalized spacial score (nSPS) is 24.1. The molecular formula is C30H30ClFN4O2S. The molecule has 2 bridgehead atoms. The summed E-state index contributed by atoms with van der Waals surface area (Å²) in [6.07, 6.45) is 8.88. The lowest BCUT2D eigenvalue weighted by atomic mass is 9.78. The number of hydrogen-bond donors (Lipinski definition) is 0. The second-order valence-electron chi connectivity index (χ2n) is 11.1. The molecule has 1 aliphatic heterocycles. The van der Waals surface area contributed by atoms with Gasteiger partial charge in [0.1, 0.15) is 16.2 Å². The molecule has 0 spiro atoms. The van der Waals surface area contributed by atoms with Crippen LogP contribution in [-0.2, 0) is 4.74 Å². The van der Waals surface area contributed by atoms with E-state index in [1.807, 2.05) is 30.2 Å². The number of nitrogens with zero attached hydrogens (tertiary/aromatic N) is 4. The molecule has 6 nitrogen and oxygen atoms in total. The number of benzene rings is 1. The Kier molecular flexibility index (Phi) is 6.04. The molecule has 0 unspecified atom stereocenters. The summed E-state index contributed by atoms with van der Waals surface area (Å²) in [5.74, 6) is 0.739. The van der Waals surface area contributed by atoms with Gasteiger partial charge >= 0.3 is 6.09 Å². The first-order chi connectivity index (χ1) is 18.9. The van der Waals surface area contributed by atoms with Gasteiger partial charge in [-0.2, -0.15) is 0 Å². The van der Waals surface area contributed by atoms with Crippen molar-refractivity contribution in [3.8, 4) is 11.3 Å². The fourth-order valence-corrected chi connectivity index (χ4v) is 8.12. The van der Waals surface area contributed by atoms with Crippen molar-refractivity contribution in [2.75, 3.05) is 19.9 Å². The molecule has 3 saturated carbocycles. The summed E-state index contributed by atoms with van der Waals surface area (Å²) >= 11 is 8.10. The average Bonchev–Trinajstić information content (AvgIpc) is 3.74. The van der Waals surface area contributed by atoms with E-state index in [1.165, 1.54) is 38.1 Å². The molecule has 3 aromatic heterocycles. The Hall–Kier alpha value is -2.84. The van der Waals surface area contributed by atoms with Crippen molar-refractivity contribution < 1.29 is 13.9 Å². The van der Waals surface area contributed by atoms with Crippen molar-refractivity contribution >= 4 is 51.3 Å². The van der Waals surface area contributed by atoms with Crippen molar-refractivity contribution in [3.05, 3.63) is 52.6 Å². The number of carbonyl (C=O) groups excluding carboxylic acids is 1. The lowest BCUT2D eigenvalue weighted by molar-refractivity contribution is 0.113. The molecule has 4 fully saturated rings. The summed E-state index contributed by atoms with van der Waals surface area (Å²) in [5, 5.41) is 2.97. The van der Waals surface area contributed by atoms with Crippen LogP contribution < -0.4 is 0 Å². The molecule has 0 N–H and O–H groups in total. The minimum Gasteiger partial charge on any atom is -0.453 e. The van der Waals surface area contributed by atoms with Crippen LogP contribution in [0.25, 0.3) is 33.1 Å². The number of halogens is 2. The minimum absolute atomic E-state index is 0.0854. The predicted octanol–water partition coefficient (Wildman–Crippen LogP) is 7.95. The zero-order valence-corrected chi connectivity index (χ0v) is 23.8. The van der Waals surface area contributed by atoms with E-state index in [2.05, 4.69) is 15.6 Å². The lowest BCUT2D eigenvalue weighted by Crippen LogP contribution is -2.35.